The van der Waals surface area contributed by atoms with Gasteiger partial charge in [-0.2, -0.15) is 23.5 Å². The van der Waals surface area contributed by atoms with Gasteiger partial charge in [-0.15, -0.1) is 0 Å². The smallest absolute Gasteiger partial charge is 0.0392 e. The van der Waals surface area contributed by atoms with Crippen molar-refractivity contribution in [2.24, 2.45) is 0 Å². The third-order valence-electron chi connectivity index (χ3n) is 1.41. The third-order valence-corrected chi connectivity index (χ3v) is 3.90. The lowest BCUT2D eigenvalue weighted by Crippen LogP contribution is -1.90. The third kappa shape index (κ3) is 5.56. The van der Waals surface area contributed by atoms with Crippen molar-refractivity contribution in [3.63, 3.8) is 0 Å². The monoisotopic (exact) mass is 198 g/mol. The fraction of sp³-hybridized carbons (Fsp3) is 0.400. The maximum atomic E-state index is 2.06. The molecule has 0 spiro atoms. The van der Waals surface area contributed by atoms with Gasteiger partial charge < -0.3 is 0 Å². The lowest BCUT2D eigenvalue weighted by atomic mass is 10.4. The van der Waals surface area contributed by atoms with Gasteiger partial charge in [-0.3, -0.25) is 0 Å². The highest BCUT2D eigenvalue weighted by Crippen LogP contribution is 2.19. The van der Waals surface area contributed by atoms with Crippen LogP contribution in [0.5, 0.6) is 0 Å². The van der Waals surface area contributed by atoms with E-state index >= 15 is 0 Å². The normalized spacial score (nSPS) is 16.0. The first-order valence-corrected chi connectivity index (χ1v) is 6.46. The van der Waals surface area contributed by atoms with Crippen molar-refractivity contribution in [3.05, 3.63) is 36.4 Å². The Hall–Kier alpha value is -0.0800. The topological polar surface area (TPSA) is 0 Å². The lowest BCUT2D eigenvalue weighted by molar-refractivity contribution is 1.12. The van der Waals surface area contributed by atoms with Crippen molar-refractivity contribution in [3.8, 4) is 0 Å². The van der Waals surface area contributed by atoms with E-state index in [0.717, 1.165) is 0 Å². The van der Waals surface area contributed by atoms with Crippen LogP contribution in [-0.4, -0.2) is 16.6 Å². The van der Waals surface area contributed by atoms with E-state index in [9.17, 15) is 0 Å². The Morgan fingerprint density at radius 2 is 1.08 bits per heavy atom. The van der Waals surface area contributed by atoms with Gasteiger partial charge in [-0.05, 0) is 17.9 Å². The van der Waals surface area contributed by atoms with Gasteiger partial charge in [0.05, 0.1) is 0 Å². The zero-order chi connectivity index (χ0) is 8.49. The molecule has 0 saturated carbocycles. The molecule has 12 heavy (non-hydrogen) atoms. The predicted octanol–water partition coefficient (Wildman–Crippen LogP) is 3.50. The van der Waals surface area contributed by atoms with Crippen LogP contribution in [0.15, 0.2) is 36.4 Å². The van der Waals surface area contributed by atoms with Crippen LogP contribution in [0.25, 0.3) is 0 Å². The van der Waals surface area contributed by atoms with Crippen LogP contribution in [0.4, 0.5) is 0 Å². The lowest BCUT2D eigenvalue weighted by Gasteiger charge is -2.05. The second-order valence-corrected chi connectivity index (χ2v) is 5.02. The van der Waals surface area contributed by atoms with E-state index in [-0.39, 0.29) is 0 Å². The van der Waals surface area contributed by atoms with Crippen molar-refractivity contribution in [2.75, 3.05) is 16.6 Å². The number of hydrogen-bond acceptors (Lipinski definition) is 2. The molecule has 1 fully saturated rings. The molecule has 66 valence electrons. The molecule has 0 aliphatic carbocycles. The summed E-state index contributed by atoms with van der Waals surface area (Å²) in [5.41, 5.74) is 0. The number of benzene rings is 1. The summed E-state index contributed by atoms with van der Waals surface area (Å²) in [5, 5.41) is 1.33. The minimum absolute atomic E-state index is 1.33. The molecule has 1 aliphatic heterocycles. The highest BCUT2D eigenvalue weighted by molar-refractivity contribution is 8.16. The predicted molar refractivity (Wildman–Crippen MR) is 60.8 cm³/mol. The molecule has 1 aromatic rings. The molecule has 0 atom stereocenters. The molecular formula is C10H14S2. The molecule has 1 heterocycles. The molecule has 2 rings (SSSR count). The van der Waals surface area contributed by atoms with Gasteiger partial charge in [0, 0.05) is 5.08 Å². The summed E-state index contributed by atoms with van der Waals surface area (Å²) in [6.07, 6.45) is 1.43. The number of thioether (sulfide) groups is 2. The number of hydrogen-bond donors (Lipinski definition) is 0. The SMILES string of the molecule is C1CSCSC1.c1ccccc1. The summed E-state index contributed by atoms with van der Waals surface area (Å²) in [6, 6.07) is 12.0. The minimum Gasteiger partial charge on any atom is -0.151 e. The van der Waals surface area contributed by atoms with Crippen LogP contribution < -0.4 is 0 Å². The van der Waals surface area contributed by atoms with Gasteiger partial charge in [0.25, 0.3) is 0 Å². The first kappa shape index (κ1) is 10.0. The number of rotatable bonds is 0. The van der Waals surface area contributed by atoms with E-state index < -0.39 is 0 Å². The summed E-state index contributed by atoms with van der Waals surface area (Å²) in [7, 11) is 0. The van der Waals surface area contributed by atoms with Crippen LogP contribution in [-0.2, 0) is 0 Å². The Balaban J connectivity index is 0.000000120. The molecule has 0 N–H and O–H groups in total. The summed E-state index contributed by atoms with van der Waals surface area (Å²) in [4.78, 5) is 0. The molecule has 1 aromatic carbocycles. The molecule has 1 aliphatic rings. The van der Waals surface area contributed by atoms with Crippen molar-refractivity contribution in [1.82, 2.24) is 0 Å². The van der Waals surface area contributed by atoms with Crippen LogP contribution >= 0.6 is 23.5 Å². The molecule has 0 aromatic heterocycles. The standard InChI is InChI=1S/C6H6.C4H8S2/c1-2-4-6-5-3-1;1-2-5-4-6-3-1/h1-6H;1-4H2. The minimum atomic E-state index is 1.33. The van der Waals surface area contributed by atoms with Crippen LogP contribution in [0.1, 0.15) is 6.42 Å². The van der Waals surface area contributed by atoms with E-state index in [1.807, 2.05) is 36.4 Å². The van der Waals surface area contributed by atoms with Gasteiger partial charge in [-0.1, -0.05) is 36.4 Å². The Kier molecular flexibility index (Phi) is 6.30. The molecule has 2 heteroatoms. The largest absolute Gasteiger partial charge is 0.151 e. The molecule has 0 radical (unpaired) electrons. The van der Waals surface area contributed by atoms with Gasteiger partial charge in [0.1, 0.15) is 0 Å². The second kappa shape index (κ2) is 7.56. The van der Waals surface area contributed by atoms with Crippen molar-refractivity contribution >= 4 is 23.5 Å². The zero-order valence-electron chi connectivity index (χ0n) is 7.11. The maximum absolute atomic E-state index is 2.06. The van der Waals surface area contributed by atoms with Gasteiger partial charge in [0.2, 0.25) is 0 Å². The molecule has 1 saturated heterocycles. The quantitative estimate of drug-likeness (QED) is 0.626. The Morgan fingerprint density at radius 1 is 0.667 bits per heavy atom. The molecule has 0 nitrogen and oxygen atoms in total. The fourth-order valence-corrected chi connectivity index (χ4v) is 3.12. The van der Waals surface area contributed by atoms with Crippen LogP contribution in [0.3, 0.4) is 0 Å². The van der Waals surface area contributed by atoms with Crippen molar-refractivity contribution < 1.29 is 0 Å². The molecular weight excluding hydrogens is 184 g/mol. The highest BCUT2D eigenvalue weighted by atomic mass is 32.2. The van der Waals surface area contributed by atoms with Gasteiger partial charge >= 0.3 is 0 Å². The maximum Gasteiger partial charge on any atom is 0.0392 e. The van der Waals surface area contributed by atoms with Crippen LogP contribution in [0.2, 0.25) is 0 Å². The van der Waals surface area contributed by atoms with Gasteiger partial charge in [0.15, 0.2) is 0 Å². The average Bonchev–Trinajstić information content (AvgIpc) is 2.24. The highest BCUT2D eigenvalue weighted by Gasteiger charge is 1.95. The Bertz CT molecular complexity index is 132. The molecule has 0 bridgehead atoms. The van der Waals surface area contributed by atoms with E-state index in [4.69, 9.17) is 0 Å². The molecule has 0 unspecified atom stereocenters. The Morgan fingerprint density at radius 3 is 1.25 bits per heavy atom. The molecule has 0 amide bonds. The van der Waals surface area contributed by atoms with E-state index in [0.29, 0.717) is 0 Å². The summed E-state index contributed by atoms with van der Waals surface area (Å²) >= 11 is 4.12. The fourth-order valence-electron chi connectivity index (χ4n) is 0.825. The van der Waals surface area contributed by atoms with E-state index in [1.165, 1.54) is 23.0 Å². The average molecular weight is 198 g/mol. The van der Waals surface area contributed by atoms with E-state index in [1.54, 1.807) is 0 Å². The Labute approximate surface area is 83.1 Å². The first-order chi connectivity index (χ1) is 6.00. The second-order valence-electron chi connectivity index (χ2n) is 2.44. The zero-order valence-corrected chi connectivity index (χ0v) is 8.74. The first-order valence-electron chi connectivity index (χ1n) is 4.15. The van der Waals surface area contributed by atoms with Gasteiger partial charge in [-0.25, -0.2) is 0 Å². The summed E-state index contributed by atoms with van der Waals surface area (Å²) in [5.74, 6) is 2.79. The van der Waals surface area contributed by atoms with Crippen LogP contribution in [0, 0.1) is 0 Å². The summed E-state index contributed by atoms with van der Waals surface area (Å²) < 4.78 is 0. The van der Waals surface area contributed by atoms with Crippen molar-refractivity contribution in [2.45, 2.75) is 6.42 Å². The van der Waals surface area contributed by atoms with Crippen molar-refractivity contribution in [1.29, 1.82) is 0 Å². The summed E-state index contributed by atoms with van der Waals surface area (Å²) in [6.45, 7) is 0. The van der Waals surface area contributed by atoms with E-state index in [2.05, 4.69) is 23.5 Å².